The zero-order valence-electron chi connectivity index (χ0n) is 10.7. The highest BCUT2D eigenvalue weighted by molar-refractivity contribution is 5.66. The van der Waals surface area contributed by atoms with Gasteiger partial charge < -0.3 is 10.0 Å². The number of hydrogen-bond acceptors (Lipinski definition) is 2. The molecular formula is C13H25NO2. The van der Waals surface area contributed by atoms with Gasteiger partial charge in [0.2, 0.25) is 0 Å². The van der Waals surface area contributed by atoms with E-state index in [1.807, 2.05) is 0 Å². The lowest BCUT2D eigenvalue weighted by Crippen LogP contribution is -2.56. The maximum atomic E-state index is 10.4. The smallest absolute Gasteiger partial charge is 0.303 e. The zero-order chi connectivity index (χ0) is 12.0. The molecule has 0 saturated carbocycles. The van der Waals surface area contributed by atoms with E-state index >= 15 is 0 Å². The standard InChI is InChI=1S/C13H25NO2/c1-3-7-13(8-4-2)10-14(11-13)9-5-6-12(15)16/h3-11H2,1-2H3,(H,15,16). The first kappa shape index (κ1) is 13.5. The summed E-state index contributed by atoms with van der Waals surface area (Å²) in [4.78, 5) is 12.8. The Balaban J connectivity index is 2.19. The summed E-state index contributed by atoms with van der Waals surface area (Å²) >= 11 is 0. The minimum absolute atomic E-state index is 0.311. The van der Waals surface area contributed by atoms with E-state index in [0.29, 0.717) is 11.8 Å². The molecule has 0 atom stereocenters. The van der Waals surface area contributed by atoms with E-state index in [-0.39, 0.29) is 0 Å². The predicted molar refractivity (Wildman–Crippen MR) is 65.6 cm³/mol. The second-order valence-corrected chi connectivity index (χ2v) is 5.21. The van der Waals surface area contributed by atoms with Gasteiger partial charge in [0, 0.05) is 19.5 Å². The van der Waals surface area contributed by atoms with Crippen molar-refractivity contribution < 1.29 is 9.90 Å². The summed E-state index contributed by atoms with van der Waals surface area (Å²) in [5.74, 6) is -0.672. The number of rotatable bonds is 8. The van der Waals surface area contributed by atoms with Gasteiger partial charge in [-0.2, -0.15) is 0 Å². The fourth-order valence-electron chi connectivity index (χ4n) is 3.02. The molecule has 1 heterocycles. The molecule has 0 amide bonds. The number of likely N-dealkylation sites (tertiary alicyclic amines) is 1. The van der Waals surface area contributed by atoms with Gasteiger partial charge in [0.05, 0.1) is 0 Å². The number of hydrogen-bond donors (Lipinski definition) is 1. The Morgan fingerprint density at radius 1 is 1.25 bits per heavy atom. The third kappa shape index (κ3) is 3.78. The quantitative estimate of drug-likeness (QED) is 0.693. The molecule has 1 N–H and O–H groups in total. The maximum absolute atomic E-state index is 10.4. The summed E-state index contributed by atoms with van der Waals surface area (Å²) in [7, 11) is 0. The Kier molecular flexibility index (Phi) is 5.26. The first-order valence-corrected chi connectivity index (χ1v) is 6.56. The number of aliphatic carboxylic acids is 1. The molecule has 0 radical (unpaired) electrons. The van der Waals surface area contributed by atoms with E-state index in [9.17, 15) is 4.79 Å². The number of nitrogens with zero attached hydrogens (tertiary/aromatic N) is 1. The van der Waals surface area contributed by atoms with Crippen LogP contribution in [-0.4, -0.2) is 35.6 Å². The third-order valence-corrected chi connectivity index (χ3v) is 3.54. The molecule has 0 spiro atoms. The van der Waals surface area contributed by atoms with Crippen LogP contribution in [0.5, 0.6) is 0 Å². The average molecular weight is 227 g/mol. The van der Waals surface area contributed by atoms with E-state index in [0.717, 1.165) is 13.0 Å². The second kappa shape index (κ2) is 6.24. The van der Waals surface area contributed by atoms with Crippen LogP contribution in [0.25, 0.3) is 0 Å². The van der Waals surface area contributed by atoms with Crippen molar-refractivity contribution in [3.05, 3.63) is 0 Å². The summed E-state index contributed by atoms with van der Waals surface area (Å²) < 4.78 is 0. The van der Waals surface area contributed by atoms with E-state index in [1.54, 1.807) is 0 Å². The summed E-state index contributed by atoms with van der Waals surface area (Å²) in [6.07, 6.45) is 6.30. The molecule has 1 aliphatic heterocycles. The molecule has 0 aliphatic carbocycles. The summed E-state index contributed by atoms with van der Waals surface area (Å²) in [5.41, 5.74) is 0.562. The van der Waals surface area contributed by atoms with Gasteiger partial charge in [-0.3, -0.25) is 4.79 Å². The van der Waals surface area contributed by atoms with Crippen molar-refractivity contribution in [2.45, 2.75) is 52.4 Å². The van der Waals surface area contributed by atoms with Crippen molar-refractivity contribution in [2.24, 2.45) is 5.41 Å². The molecular weight excluding hydrogens is 202 g/mol. The Morgan fingerprint density at radius 3 is 2.25 bits per heavy atom. The lowest BCUT2D eigenvalue weighted by atomic mass is 9.72. The minimum Gasteiger partial charge on any atom is -0.481 e. The monoisotopic (exact) mass is 227 g/mol. The van der Waals surface area contributed by atoms with Crippen LogP contribution >= 0.6 is 0 Å². The second-order valence-electron chi connectivity index (χ2n) is 5.21. The Morgan fingerprint density at radius 2 is 1.81 bits per heavy atom. The molecule has 3 nitrogen and oxygen atoms in total. The van der Waals surface area contributed by atoms with Crippen LogP contribution in [0.2, 0.25) is 0 Å². The molecule has 1 rings (SSSR count). The lowest BCUT2D eigenvalue weighted by Gasteiger charge is -2.51. The fraction of sp³-hybridized carbons (Fsp3) is 0.923. The van der Waals surface area contributed by atoms with Crippen molar-refractivity contribution in [3.8, 4) is 0 Å². The van der Waals surface area contributed by atoms with Gasteiger partial charge in [0.15, 0.2) is 0 Å². The SMILES string of the molecule is CCCC1(CCC)CN(CCCC(=O)O)C1. The van der Waals surface area contributed by atoms with Crippen LogP contribution in [0.4, 0.5) is 0 Å². The van der Waals surface area contributed by atoms with E-state index in [4.69, 9.17) is 5.11 Å². The number of carboxylic acid groups (broad SMARTS) is 1. The summed E-state index contributed by atoms with van der Waals surface area (Å²) in [6, 6.07) is 0. The lowest BCUT2D eigenvalue weighted by molar-refractivity contribution is -0.137. The van der Waals surface area contributed by atoms with Crippen LogP contribution in [0.3, 0.4) is 0 Å². The van der Waals surface area contributed by atoms with Crippen molar-refractivity contribution in [2.75, 3.05) is 19.6 Å². The van der Waals surface area contributed by atoms with Gasteiger partial charge in [-0.1, -0.05) is 26.7 Å². The highest BCUT2D eigenvalue weighted by Gasteiger charge is 2.40. The van der Waals surface area contributed by atoms with Crippen LogP contribution in [0.1, 0.15) is 52.4 Å². The van der Waals surface area contributed by atoms with E-state index in [2.05, 4.69) is 18.7 Å². The summed E-state index contributed by atoms with van der Waals surface area (Å²) in [5, 5.41) is 8.57. The Labute approximate surface area is 98.8 Å². The normalized spacial score (nSPS) is 19.4. The first-order chi connectivity index (χ1) is 7.62. The van der Waals surface area contributed by atoms with Crippen molar-refractivity contribution in [1.29, 1.82) is 0 Å². The first-order valence-electron chi connectivity index (χ1n) is 6.56. The molecule has 0 aromatic rings. The van der Waals surface area contributed by atoms with E-state index in [1.165, 1.54) is 38.8 Å². The minimum atomic E-state index is -0.672. The molecule has 16 heavy (non-hydrogen) atoms. The molecule has 0 aromatic carbocycles. The van der Waals surface area contributed by atoms with Gasteiger partial charge in [-0.25, -0.2) is 0 Å². The van der Waals surface area contributed by atoms with Gasteiger partial charge >= 0.3 is 5.97 Å². The van der Waals surface area contributed by atoms with Gasteiger partial charge in [-0.05, 0) is 31.2 Å². The number of carbonyl (C=O) groups is 1. The van der Waals surface area contributed by atoms with E-state index < -0.39 is 5.97 Å². The largest absolute Gasteiger partial charge is 0.481 e. The molecule has 3 heteroatoms. The van der Waals surface area contributed by atoms with Crippen molar-refractivity contribution in [1.82, 2.24) is 4.90 Å². The highest BCUT2D eigenvalue weighted by atomic mass is 16.4. The Bertz CT molecular complexity index is 214. The van der Waals surface area contributed by atoms with Crippen molar-refractivity contribution in [3.63, 3.8) is 0 Å². The van der Waals surface area contributed by atoms with Gasteiger partial charge in [-0.15, -0.1) is 0 Å². The fourth-order valence-corrected chi connectivity index (χ4v) is 3.02. The van der Waals surface area contributed by atoms with Gasteiger partial charge in [0.25, 0.3) is 0 Å². The molecule has 1 aliphatic rings. The summed E-state index contributed by atoms with van der Waals surface area (Å²) in [6.45, 7) is 7.85. The van der Waals surface area contributed by atoms with Crippen LogP contribution < -0.4 is 0 Å². The topological polar surface area (TPSA) is 40.5 Å². The third-order valence-electron chi connectivity index (χ3n) is 3.54. The highest BCUT2D eigenvalue weighted by Crippen LogP contribution is 2.39. The van der Waals surface area contributed by atoms with Crippen LogP contribution in [0.15, 0.2) is 0 Å². The van der Waals surface area contributed by atoms with Gasteiger partial charge in [0.1, 0.15) is 0 Å². The van der Waals surface area contributed by atoms with Crippen LogP contribution in [-0.2, 0) is 4.79 Å². The zero-order valence-corrected chi connectivity index (χ0v) is 10.7. The molecule has 0 unspecified atom stereocenters. The average Bonchev–Trinajstić information content (AvgIpc) is 2.15. The molecule has 0 bridgehead atoms. The molecule has 1 fully saturated rings. The Hall–Kier alpha value is -0.570. The molecule has 1 saturated heterocycles. The molecule has 0 aromatic heterocycles. The molecule has 94 valence electrons. The predicted octanol–water partition coefficient (Wildman–Crippen LogP) is 2.75. The number of carboxylic acids is 1. The van der Waals surface area contributed by atoms with Crippen molar-refractivity contribution >= 4 is 5.97 Å². The van der Waals surface area contributed by atoms with Crippen LogP contribution in [0, 0.1) is 5.41 Å². The maximum Gasteiger partial charge on any atom is 0.303 e.